The van der Waals surface area contributed by atoms with Gasteiger partial charge in [-0.3, -0.25) is 14.6 Å². The number of aryl methyl sites for hydroxylation is 2. The maximum absolute atomic E-state index is 12.8. The van der Waals surface area contributed by atoms with Crippen LogP contribution >= 0.6 is 0 Å². The molecule has 3 aromatic carbocycles. The van der Waals surface area contributed by atoms with Crippen molar-refractivity contribution in [2.45, 2.75) is 57.7 Å². The first-order chi connectivity index (χ1) is 23.1. The number of nitrogens with zero attached hydrogens (tertiary/aromatic N) is 3. The van der Waals surface area contributed by atoms with Gasteiger partial charge in [0.25, 0.3) is 0 Å². The Morgan fingerprint density at radius 1 is 0.958 bits per heavy atom. The number of aromatic nitrogens is 1. The van der Waals surface area contributed by atoms with Gasteiger partial charge in [0, 0.05) is 75.0 Å². The van der Waals surface area contributed by atoms with Crippen LogP contribution in [0.4, 0.5) is 13.2 Å². The van der Waals surface area contributed by atoms with Crippen molar-refractivity contribution < 1.29 is 22.7 Å². The van der Waals surface area contributed by atoms with Gasteiger partial charge in [-0.1, -0.05) is 42.5 Å². The molecule has 0 unspecified atom stereocenters. The molecule has 11 heteroatoms. The molecule has 2 aliphatic heterocycles. The standard InChI is InChI=1S/C37H45F3N6O2/c1-27-5-2-3-6-30(27)25-45-21-19-44(20-22-45)24-28-7-12-34-32(23-28)33(29-8-10-31(11-9-29)48-37(38,39)40)26-46(34)18-4-15-43-35(47)36(41)13-16-42-17-14-36/h2-3,5-12,23,26,42H,4,13-22,24-25,41H2,1H3,(H,43,47). The van der Waals surface area contributed by atoms with Gasteiger partial charge in [0.2, 0.25) is 5.91 Å². The molecule has 2 aliphatic rings. The highest BCUT2D eigenvalue weighted by atomic mass is 19.4. The molecule has 6 rings (SSSR count). The van der Waals surface area contributed by atoms with E-state index in [4.69, 9.17) is 5.73 Å². The van der Waals surface area contributed by atoms with Crippen LogP contribution in [-0.2, 0) is 24.4 Å². The summed E-state index contributed by atoms with van der Waals surface area (Å²) in [4.78, 5) is 17.8. The lowest BCUT2D eigenvalue weighted by Gasteiger charge is -2.35. The summed E-state index contributed by atoms with van der Waals surface area (Å²) in [6.45, 7) is 10.5. The normalized spacial score (nSPS) is 17.4. The Morgan fingerprint density at radius 3 is 2.33 bits per heavy atom. The van der Waals surface area contributed by atoms with E-state index in [1.165, 1.54) is 28.8 Å². The number of ether oxygens (including phenoxy) is 1. The van der Waals surface area contributed by atoms with Crippen molar-refractivity contribution >= 4 is 16.8 Å². The van der Waals surface area contributed by atoms with E-state index in [1.54, 1.807) is 12.1 Å². The third kappa shape index (κ3) is 8.38. The number of rotatable bonds is 11. The minimum atomic E-state index is -4.74. The number of amides is 1. The maximum atomic E-state index is 12.8. The van der Waals surface area contributed by atoms with E-state index in [0.29, 0.717) is 32.4 Å². The van der Waals surface area contributed by atoms with Gasteiger partial charge < -0.3 is 25.7 Å². The number of benzene rings is 3. The largest absolute Gasteiger partial charge is 0.573 e. The fourth-order valence-corrected chi connectivity index (χ4v) is 6.81. The average molecular weight is 663 g/mol. The van der Waals surface area contributed by atoms with Crippen LogP contribution in [0.1, 0.15) is 36.0 Å². The summed E-state index contributed by atoms with van der Waals surface area (Å²) in [5, 5.41) is 7.31. The topological polar surface area (TPSA) is 87.8 Å². The van der Waals surface area contributed by atoms with Crippen LogP contribution < -0.4 is 21.1 Å². The van der Waals surface area contributed by atoms with E-state index in [9.17, 15) is 18.0 Å². The predicted molar refractivity (Wildman–Crippen MR) is 182 cm³/mol. The van der Waals surface area contributed by atoms with Crippen molar-refractivity contribution in [3.8, 4) is 16.9 Å². The number of hydrogen-bond acceptors (Lipinski definition) is 6. The number of halogens is 3. The fraction of sp³-hybridized carbons (Fsp3) is 0.432. The van der Waals surface area contributed by atoms with Crippen molar-refractivity contribution in [3.05, 3.63) is 89.6 Å². The number of nitrogens with two attached hydrogens (primary N) is 1. The number of carbonyl (C=O) groups is 1. The van der Waals surface area contributed by atoms with Crippen LogP contribution in [0.2, 0.25) is 0 Å². The summed E-state index contributed by atoms with van der Waals surface area (Å²) in [6, 6.07) is 21.1. The van der Waals surface area contributed by atoms with E-state index < -0.39 is 11.9 Å². The SMILES string of the molecule is Cc1ccccc1CN1CCN(Cc2ccc3c(c2)c(-c2ccc(OC(F)(F)F)cc2)cn3CCCNC(=O)C2(N)CCNCC2)CC1. The number of piperazine rings is 1. The molecule has 2 saturated heterocycles. The number of carbonyl (C=O) groups excluding carboxylic acids is 1. The molecule has 0 radical (unpaired) electrons. The van der Waals surface area contributed by atoms with Crippen LogP contribution in [0.3, 0.4) is 0 Å². The number of nitrogens with one attached hydrogen (secondary N) is 2. The Morgan fingerprint density at radius 2 is 1.65 bits per heavy atom. The molecule has 3 heterocycles. The third-order valence-electron chi connectivity index (χ3n) is 9.68. The number of alkyl halides is 3. The van der Waals surface area contributed by atoms with Gasteiger partial charge in [0.1, 0.15) is 5.75 Å². The second-order valence-electron chi connectivity index (χ2n) is 13.2. The van der Waals surface area contributed by atoms with E-state index in [0.717, 1.165) is 74.4 Å². The van der Waals surface area contributed by atoms with Crippen LogP contribution in [0.15, 0.2) is 72.9 Å². The zero-order valence-electron chi connectivity index (χ0n) is 27.5. The van der Waals surface area contributed by atoms with E-state index in [1.807, 2.05) is 0 Å². The highest BCUT2D eigenvalue weighted by Gasteiger charge is 2.35. The molecule has 0 bridgehead atoms. The number of fused-ring (bicyclic) bond motifs is 1. The van der Waals surface area contributed by atoms with Crippen molar-refractivity contribution in [2.24, 2.45) is 5.73 Å². The van der Waals surface area contributed by atoms with Crippen molar-refractivity contribution in [3.63, 3.8) is 0 Å². The second-order valence-corrected chi connectivity index (χ2v) is 13.2. The van der Waals surface area contributed by atoms with E-state index in [-0.39, 0.29) is 11.7 Å². The first kappa shape index (κ1) is 34.0. The average Bonchev–Trinajstić information content (AvgIpc) is 3.42. The van der Waals surface area contributed by atoms with Crippen LogP contribution in [0.5, 0.6) is 5.75 Å². The molecule has 4 aromatic rings. The summed E-state index contributed by atoms with van der Waals surface area (Å²) < 4.78 is 44.7. The molecule has 8 nitrogen and oxygen atoms in total. The predicted octanol–water partition coefficient (Wildman–Crippen LogP) is 5.42. The van der Waals surface area contributed by atoms with Gasteiger partial charge in [-0.2, -0.15) is 0 Å². The summed E-state index contributed by atoms with van der Waals surface area (Å²) in [5.74, 6) is -0.358. The Bertz CT molecular complexity index is 1690. The monoisotopic (exact) mass is 662 g/mol. The minimum Gasteiger partial charge on any atom is -0.406 e. The van der Waals surface area contributed by atoms with Gasteiger partial charge in [-0.15, -0.1) is 13.2 Å². The molecular formula is C37H45F3N6O2. The molecule has 256 valence electrons. The van der Waals surface area contributed by atoms with Crippen molar-refractivity contribution in [1.29, 1.82) is 0 Å². The lowest BCUT2D eigenvalue weighted by molar-refractivity contribution is -0.274. The molecule has 0 saturated carbocycles. The van der Waals surface area contributed by atoms with Crippen molar-refractivity contribution in [1.82, 2.24) is 25.0 Å². The Labute approximate surface area is 280 Å². The summed E-state index contributed by atoms with van der Waals surface area (Å²) >= 11 is 0. The smallest absolute Gasteiger partial charge is 0.406 e. The highest BCUT2D eigenvalue weighted by molar-refractivity contribution is 5.96. The van der Waals surface area contributed by atoms with Crippen molar-refractivity contribution in [2.75, 3.05) is 45.8 Å². The van der Waals surface area contributed by atoms with Gasteiger partial charge >= 0.3 is 6.36 Å². The maximum Gasteiger partial charge on any atom is 0.573 e. The zero-order valence-corrected chi connectivity index (χ0v) is 27.5. The quantitative estimate of drug-likeness (QED) is 0.186. The molecule has 0 atom stereocenters. The Kier molecular flexibility index (Phi) is 10.4. The molecule has 1 amide bonds. The zero-order chi connectivity index (χ0) is 33.7. The highest BCUT2D eigenvalue weighted by Crippen LogP contribution is 2.34. The molecule has 48 heavy (non-hydrogen) atoms. The first-order valence-electron chi connectivity index (χ1n) is 16.8. The number of hydrogen-bond donors (Lipinski definition) is 3. The van der Waals surface area contributed by atoms with Gasteiger partial charge in [-0.25, -0.2) is 0 Å². The molecule has 0 aliphatic carbocycles. The fourth-order valence-electron chi connectivity index (χ4n) is 6.81. The van der Waals surface area contributed by atoms with Gasteiger partial charge in [0.05, 0.1) is 5.54 Å². The lowest BCUT2D eigenvalue weighted by Crippen LogP contribution is -2.59. The van der Waals surface area contributed by atoms with Crippen LogP contribution in [-0.4, -0.2) is 78.0 Å². The Hall–Kier alpha value is -3.90. The summed E-state index contributed by atoms with van der Waals surface area (Å²) in [6.07, 6.45) is -0.760. The molecule has 4 N–H and O–H groups in total. The first-order valence-corrected chi connectivity index (χ1v) is 16.8. The van der Waals surface area contributed by atoms with E-state index >= 15 is 0 Å². The molecule has 2 fully saturated rings. The molecule has 1 aromatic heterocycles. The third-order valence-corrected chi connectivity index (χ3v) is 9.68. The number of piperidine rings is 1. The van der Waals surface area contributed by atoms with Gasteiger partial charge in [-0.05, 0) is 85.8 Å². The second kappa shape index (κ2) is 14.7. The Balaban J connectivity index is 1.15. The van der Waals surface area contributed by atoms with Crippen LogP contribution in [0, 0.1) is 6.92 Å². The minimum absolute atomic E-state index is 0.108. The molecule has 0 spiro atoms. The van der Waals surface area contributed by atoms with Gasteiger partial charge in [0.15, 0.2) is 0 Å². The lowest BCUT2D eigenvalue weighted by atomic mass is 9.88. The summed E-state index contributed by atoms with van der Waals surface area (Å²) in [7, 11) is 0. The van der Waals surface area contributed by atoms with Crippen LogP contribution in [0.25, 0.3) is 22.0 Å². The molecular weight excluding hydrogens is 617 g/mol. The van der Waals surface area contributed by atoms with E-state index in [2.05, 4.69) is 85.3 Å². The summed E-state index contributed by atoms with van der Waals surface area (Å²) in [5.41, 5.74) is 12.2.